The molecule has 0 bridgehead atoms. The van der Waals surface area contributed by atoms with Gasteiger partial charge < -0.3 is 10.2 Å². The average molecular weight is 256 g/mol. The molecule has 1 aromatic rings. The summed E-state index contributed by atoms with van der Waals surface area (Å²) in [5.74, 6) is 0.122. The lowest BCUT2D eigenvalue weighted by Gasteiger charge is -2.18. The van der Waals surface area contributed by atoms with Crippen LogP contribution < -0.4 is 0 Å². The number of unbranched alkanes of at least 4 members (excludes halogenated alkanes) is 1. The van der Waals surface area contributed by atoms with Gasteiger partial charge >= 0.3 is 0 Å². The van der Waals surface area contributed by atoms with Gasteiger partial charge in [-0.1, -0.05) is 25.5 Å². The minimum absolute atomic E-state index is 0.0224. The fourth-order valence-corrected chi connectivity index (χ4v) is 1.66. The fraction of sp³-hybridized carbons (Fsp3) is 0.333. The Kier molecular flexibility index (Phi) is 5.11. The van der Waals surface area contributed by atoms with Crippen LogP contribution in [-0.4, -0.2) is 15.8 Å². The van der Waals surface area contributed by atoms with Gasteiger partial charge in [0.05, 0.1) is 11.6 Å². The van der Waals surface area contributed by atoms with Gasteiger partial charge in [0.15, 0.2) is 5.60 Å². The molecule has 0 radical (unpaired) electrons. The molecule has 1 rings (SSSR count). The van der Waals surface area contributed by atoms with Crippen LogP contribution in [0, 0.1) is 22.7 Å². The van der Waals surface area contributed by atoms with Crippen molar-refractivity contribution >= 4 is 6.08 Å². The largest absolute Gasteiger partial charge is 0.508 e. The molecular weight excluding hydrogens is 240 g/mol. The molecule has 4 heteroatoms. The monoisotopic (exact) mass is 256 g/mol. The van der Waals surface area contributed by atoms with Crippen LogP contribution in [0.1, 0.15) is 31.7 Å². The van der Waals surface area contributed by atoms with Crippen molar-refractivity contribution in [2.45, 2.75) is 31.8 Å². The standard InChI is InChI=1S/C15H16N2O2/c1-2-3-8-15(19,11-17)13(10-16)9-12-4-6-14(18)7-5-12/h4-7,9,18-19H,2-3,8H2,1H3. The number of nitrogens with zero attached hydrogens (tertiary/aromatic N) is 2. The number of hydrogen-bond acceptors (Lipinski definition) is 4. The van der Waals surface area contributed by atoms with Gasteiger partial charge in [-0.05, 0) is 36.6 Å². The third-order valence-electron chi connectivity index (χ3n) is 2.85. The summed E-state index contributed by atoms with van der Waals surface area (Å²) in [4.78, 5) is 0. The first-order valence-electron chi connectivity index (χ1n) is 6.10. The highest BCUT2D eigenvalue weighted by atomic mass is 16.3. The van der Waals surface area contributed by atoms with E-state index in [1.807, 2.05) is 19.1 Å². The first-order valence-corrected chi connectivity index (χ1v) is 6.10. The van der Waals surface area contributed by atoms with E-state index in [9.17, 15) is 10.2 Å². The van der Waals surface area contributed by atoms with Gasteiger partial charge in [-0.15, -0.1) is 0 Å². The summed E-state index contributed by atoms with van der Waals surface area (Å²) in [5, 5.41) is 37.6. The number of aromatic hydroxyl groups is 1. The Morgan fingerprint density at radius 2 is 1.95 bits per heavy atom. The van der Waals surface area contributed by atoms with E-state index in [4.69, 9.17) is 10.5 Å². The van der Waals surface area contributed by atoms with Crippen LogP contribution in [0.25, 0.3) is 6.08 Å². The van der Waals surface area contributed by atoms with Gasteiger partial charge in [0.2, 0.25) is 0 Å². The molecular formula is C15H16N2O2. The maximum absolute atomic E-state index is 10.2. The van der Waals surface area contributed by atoms with Crippen molar-refractivity contribution in [3.05, 3.63) is 35.4 Å². The van der Waals surface area contributed by atoms with Gasteiger partial charge in [-0.25, -0.2) is 0 Å². The van der Waals surface area contributed by atoms with Crippen LogP contribution >= 0.6 is 0 Å². The Balaban J connectivity index is 3.08. The van der Waals surface area contributed by atoms with Crippen molar-refractivity contribution in [3.8, 4) is 17.9 Å². The number of phenolic OH excluding ortho intramolecular Hbond substituents is 1. The van der Waals surface area contributed by atoms with E-state index in [1.54, 1.807) is 12.1 Å². The number of aliphatic hydroxyl groups is 1. The van der Waals surface area contributed by atoms with Crippen LogP contribution in [0.4, 0.5) is 0 Å². The molecule has 0 aliphatic heterocycles. The predicted octanol–water partition coefficient (Wildman–Crippen LogP) is 2.74. The molecule has 1 atom stereocenters. The fourth-order valence-electron chi connectivity index (χ4n) is 1.66. The van der Waals surface area contributed by atoms with Gasteiger partial charge in [0.1, 0.15) is 11.8 Å². The van der Waals surface area contributed by atoms with Crippen molar-refractivity contribution in [2.24, 2.45) is 0 Å². The molecule has 0 aliphatic rings. The number of nitriles is 2. The molecule has 0 spiro atoms. The summed E-state index contributed by atoms with van der Waals surface area (Å²) in [6, 6.07) is 9.90. The minimum atomic E-state index is -1.75. The smallest absolute Gasteiger partial charge is 0.186 e. The van der Waals surface area contributed by atoms with Gasteiger partial charge in [-0.2, -0.15) is 10.5 Å². The second-order valence-electron chi connectivity index (χ2n) is 4.34. The van der Waals surface area contributed by atoms with Crippen LogP contribution in [0.3, 0.4) is 0 Å². The molecule has 0 saturated heterocycles. The summed E-state index contributed by atoms with van der Waals surface area (Å²) in [6.07, 6.45) is 3.20. The van der Waals surface area contributed by atoms with Gasteiger partial charge in [0.25, 0.3) is 0 Å². The summed E-state index contributed by atoms with van der Waals surface area (Å²) < 4.78 is 0. The first-order chi connectivity index (χ1) is 9.05. The molecule has 4 nitrogen and oxygen atoms in total. The molecule has 1 aromatic carbocycles. The number of hydrogen-bond donors (Lipinski definition) is 2. The molecule has 1 unspecified atom stereocenters. The number of rotatable bonds is 5. The number of phenols is 1. The van der Waals surface area contributed by atoms with E-state index in [2.05, 4.69) is 0 Å². The molecule has 0 amide bonds. The van der Waals surface area contributed by atoms with E-state index >= 15 is 0 Å². The van der Waals surface area contributed by atoms with E-state index in [0.29, 0.717) is 12.0 Å². The van der Waals surface area contributed by atoms with E-state index < -0.39 is 5.60 Å². The lowest BCUT2D eigenvalue weighted by molar-refractivity contribution is 0.130. The van der Waals surface area contributed by atoms with E-state index in [1.165, 1.54) is 18.2 Å². The summed E-state index contributed by atoms with van der Waals surface area (Å²) in [6.45, 7) is 1.95. The second kappa shape index (κ2) is 6.58. The predicted molar refractivity (Wildman–Crippen MR) is 71.8 cm³/mol. The zero-order chi connectivity index (χ0) is 14.3. The van der Waals surface area contributed by atoms with Crippen molar-refractivity contribution in [3.63, 3.8) is 0 Å². The van der Waals surface area contributed by atoms with Crippen molar-refractivity contribution in [1.29, 1.82) is 10.5 Å². The first kappa shape index (κ1) is 14.8. The van der Waals surface area contributed by atoms with Crippen LogP contribution in [-0.2, 0) is 0 Å². The van der Waals surface area contributed by atoms with E-state index in [-0.39, 0.29) is 17.7 Å². The molecule has 0 saturated carbocycles. The molecule has 0 aliphatic carbocycles. The molecule has 0 heterocycles. The van der Waals surface area contributed by atoms with E-state index in [0.717, 1.165) is 6.42 Å². The van der Waals surface area contributed by atoms with Crippen LogP contribution in [0.15, 0.2) is 29.8 Å². The Labute approximate surface area is 112 Å². The quantitative estimate of drug-likeness (QED) is 0.626. The SMILES string of the molecule is CCCCC(O)(C#N)C(C#N)=Cc1ccc(O)cc1. The maximum atomic E-state index is 10.2. The molecule has 2 N–H and O–H groups in total. The molecule has 98 valence electrons. The van der Waals surface area contributed by atoms with Crippen molar-refractivity contribution in [2.75, 3.05) is 0 Å². The third-order valence-corrected chi connectivity index (χ3v) is 2.85. The second-order valence-corrected chi connectivity index (χ2v) is 4.34. The van der Waals surface area contributed by atoms with Crippen molar-refractivity contribution < 1.29 is 10.2 Å². The van der Waals surface area contributed by atoms with Gasteiger partial charge in [0, 0.05) is 0 Å². The summed E-state index contributed by atoms with van der Waals surface area (Å²) in [7, 11) is 0. The highest BCUT2D eigenvalue weighted by Crippen LogP contribution is 2.25. The molecule has 19 heavy (non-hydrogen) atoms. The van der Waals surface area contributed by atoms with Crippen molar-refractivity contribution in [1.82, 2.24) is 0 Å². The zero-order valence-corrected chi connectivity index (χ0v) is 10.8. The number of benzene rings is 1. The highest BCUT2D eigenvalue weighted by molar-refractivity contribution is 5.61. The normalized spacial score (nSPS) is 14.2. The Morgan fingerprint density at radius 3 is 2.42 bits per heavy atom. The summed E-state index contributed by atoms with van der Waals surface area (Å²) in [5.41, 5.74) is -1.07. The maximum Gasteiger partial charge on any atom is 0.186 e. The average Bonchev–Trinajstić information content (AvgIpc) is 2.44. The molecule has 0 fully saturated rings. The lowest BCUT2D eigenvalue weighted by Crippen LogP contribution is -2.28. The minimum Gasteiger partial charge on any atom is -0.508 e. The zero-order valence-electron chi connectivity index (χ0n) is 10.8. The Bertz CT molecular complexity index is 535. The molecule has 0 aromatic heterocycles. The van der Waals surface area contributed by atoms with Crippen LogP contribution in [0.2, 0.25) is 0 Å². The van der Waals surface area contributed by atoms with Crippen LogP contribution in [0.5, 0.6) is 5.75 Å². The highest BCUT2D eigenvalue weighted by Gasteiger charge is 2.31. The topological polar surface area (TPSA) is 88.0 Å². The lowest BCUT2D eigenvalue weighted by atomic mass is 9.89. The summed E-state index contributed by atoms with van der Waals surface area (Å²) >= 11 is 0. The van der Waals surface area contributed by atoms with Gasteiger partial charge in [-0.3, -0.25) is 0 Å². The Morgan fingerprint density at radius 1 is 1.32 bits per heavy atom. The Hall–Kier alpha value is -2.30. The third kappa shape index (κ3) is 3.84.